The molecule has 1 aromatic carbocycles. The Labute approximate surface area is 226 Å². The van der Waals surface area contributed by atoms with Crippen molar-refractivity contribution in [3.63, 3.8) is 0 Å². The molecule has 0 saturated heterocycles. The van der Waals surface area contributed by atoms with Crippen molar-refractivity contribution >= 4 is 31.3 Å². The first-order chi connectivity index (χ1) is 11.4. The second-order valence-electron chi connectivity index (χ2n) is 3.12. The van der Waals surface area contributed by atoms with Crippen LogP contribution in [0.1, 0.15) is 0 Å². The third-order valence-corrected chi connectivity index (χ3v) is 0.756. The first-order valence-electron chi connectivity index (χ1n) is 5.06. The maximum Gasteiger partial charge on any atom is 4.00 e. The summed E-state index contributed by atoms with van der Waals surface area (Å²) >= 11 is 0. The molecule has 0 atom stereocenters. The van der Waals surface area contributed by atoms with Crippen LogP contribution in [0.15, 0.2) is 30.3 Å². The smallest absolute Gasteiger partial charge is 0.822 e. The molecule has 1 aromatic rings. The van der Waals surface area contributed by atoms with E-state index in [4.69, 9.17) is 82.1 Å². The molecule has 0 aliphatic rings. The molecule has 30 heavy (non-hydrogen) atoms. The van der Waals surface area contributed by atoms with Gasteiger partial charge in [-0.25, -0.2) is 0 Å². The Morgan fingerprint density at radius 1 is 0.467 bits per heavy atom. The Morgan fingerprint density at radius 3 is 0.667 bits per heavy atom. The van der Waals surface area contributed by atoms with Crippen molar-refractivity contribution < 1.29 is 161 Å². The molecule has 0 fully saturated rings. The number of aromatic hydroxyl groups is 1. The summed E-state index contributed by atoms with van der Waals surface area (Å²) in [5.74, 6) is 0.322. The molecule has 0 aliphatic carbocycles. The third-order valence-electron chi connectivity index (χ3n) is 0.756. The van der Waals surface area contributed by atoms with Crippen LogP contribution in [0, 0.1) is 0 Å². The van der Waals surface area contributed by atoms with Gasteiger partial charge in [0.15, 0.2) is 0 Å². The van der Waals surface area contributed by atoms with Gasteiger partial charge >= 0.3 is 78.6 Å². The molecule has 0 radical (unpaired) electrons. The van der Waals surface area contributed by atoms with Gasteiger partial charge in [0.25, 0.3) is 0 Å². The summed E-state index contributed by atoms with van der Waals surface area (Å²) in [5, 5.41) is 8.63. The molecule has 1 N–H and O–H groups in total. The maximum absolute atomic E-state index is 8.63. The Hall–Kier alpha value is 2.11. The summed E-state index contributed by atoms with van der Waals surface area (Å²) in [7, 11) is -21.6. The van der Waals surface area contributed by atoms with E-state index in [1.807, 2.05) is 6.07 Å². The molecule has 0 amide bonds. The van der Waals surface area contributed by atoms with Gasteiger partial charge in [-0.15, -0.1) is 0 Å². The average Bonchev–Trinajstić information content (AvgIpc) is 2.19. The van der Waals surface area contributed by atoms with Gasteiger partial charge in [-0.2, -0.15) is 31.3 Å². The molecule has 17 nitrogen and oxygen atoms in total. The fourth-order valence-corrected chi connectivity index (χ4v) is 0.428. The molecule has 0 spiro atoms. The molecular formula is C6H6O17P4Zr3. The third kappa shape index (κ3) is 250. The van der Waals surface area contributed by atoms with Crippen LogP contribution in [0.25, 0.3) is 0 Å². The van der Waals surface area contributed by atoms with Gasteiger partial charge in [0.05, 0.1) is 0 Å². The van der Waals surface area contributed by atoms with E-state index in [-0.39, 0.29) is 78.6 Å². The molecule has 0 unspecified atom stereocenters. The van der Waals surface area contributed by atoms with Crippen LogP contribution in [-0.2, 0) is 96.9 Å². The zero-order chi connectivity index (χ0) is 23.1. The topological polar surface area (TPSA) is 365 Å². The predicted octanol–water partition coefficient (Wildman–Crippen LogP) is -9.91. The number of hydrogen-bond donors (Lipinski definition) is 1. The van der Waals surface area contributed by atoms with Crippen molar-refractivity contribution in [2.45, 2.75) is 0 Å². The Kier molecular flexibility index (Phi) is 39.8. The van der Waals surface area contributed by atoms with Crippen molar-refractivity contribution in [3.8, 4) is 5.75 Å². The summed E-state index contributed by atoms with van der Waals surface area (Å²) in [5.41, 5.74) is 0. The van der Waals surface area contributed by atoms with E-state index < -0.39 is 31.3 Å². The fourth-order valence-electron chi connectivity index (χ4n) is 0.428. The number of phenols is 1. The van der Waals surface area contributed by atoms with Gasteiger partial charge in [0, 0.05) is 0 Å². The monoisotopic (exact) mass is 744 g/mol. The molecule has 1 rings (SSSR count). The minimum absolute atomic E-state index is 0. The van der Waals surface area contributed by atoms with Gasteiger partial charge < -0.3 is 82.1 Å². The molecule has 0 heterocycles. The van der Waals surface area contributed by atoms with Crippen molar-refractivity contribution in [2.24, 2.45) is 0 Å². The molecular weight excluding hydrogens is 742 g/mol. The first-order valence-corrected chi connectivity index (χ1v) is 10.9. The molecule has 24 heteroatoms. The van der Waals surface area contributed by atoms with Gasteiger partial charge in [-0.1, -0.05) is 18.2 Å². The largest absolute Gasteiger partial charge is 4.00 e. The minimum atomic E-state index is -5.39. The van der Waals surface area contributed by atoms with Crippen LogP contribution in [0.4, 0.5) is 0 Å². The normalized spacial score (nSPS) is 9.87. The van der Waals surface area contributed by atoms with Crippen molar-refractivity contribution in [1.82, 2.24) is 0 Å². The van der Waals surface area contributed by atoms with E-state index >= 15 is 0 Å². The van der Waals surface area contributed by atoms with E-state index in [1.165, 1.54) is 0 Å². The van der Waals surface area contributed by atoms with Gasteiger partial charge in [-0.05, 0) is 12.1 Å². The van der Waals surface area contributed by atoms with E-state index in [2.05, 4.69) is 0 Å². The average molecular weight is 748 g/mol. The maximum atomic E-state index is 8.63. The SMILES string of the molecule is O=P([O-])([O-])[O-].O=P([O-])([O-])[O-].O=P([O-])([O-])[O-].O=P([O-])([O-])[O-].Oc1ccccc1.[Zr+4].[Zr+4].[Zr+4]. The van der Waals surface area contributed by atoms with Crippen LogP contribution in [0.2, 0.25) is 0 Å². The second-order valence-corrected chi connectivity index (χ2v) is 6.70. The van der Waals surface area contributed by atoms with E-state index in [0.29, 0.717) is 5.75 Å². The van der Waals surface area contributed by atoms with E-state index in [0.717, 1.165) is 0 Å². The molecule has 164 valence electrons. The molecule has 0 aliphatic heterocycles. The Morgan fingerprint density at radius 2 is 0.600 bits per heavy atom. The zero-order valence-electron chi connectivity index (χ0n) is 13.7. The molecule has 0 aromatic heterocycles. The van der Waals surface area contributed by atoms with Crippen molar-refractivity contribution in [3.05, 3.63) is 30.3 Å². The molecule has 0 saturated carbocycles. The van der Waals surface area contributed by atoms with Crippen LogP contribution >= 0.6 is 31.3 Å². The first kappa shape index (κ1) is 49.3. The second kappa shape index (κ2) is 24.2. The van der Waals surface area contributed by atoms with Gasteiger partial charge in [-0.3, -0.25) is 0 Å². The van der Waals surface area contributed by atoms with Crippen LogP contribution < -0.4 is 58.7 Å². The summed E-state index contributed by atoms with van der Waals surface area (Å²) in [6.07, 6.45) is 0. The summed E-state index contributed by atoms with van der Waals surface area (Å²) in [6, 6.07) is 8.71. The Bertz CT molecular complexity index is 550. The van der Waals surface area contributed by atoms with Gasteiger partial charge in [0.2, 0.25) is 0 Å². The zero-order valence-corrected chi connectivity index (χ0v) is 24.6. The quantitative estimate of drug-likeness (QED) is 0.241. The van der Waals surface area contributed by atoms with Gasteiger partial charge in [0.1, 0.15) is 5.75 Å². The minimum Gasteiger partial charge on any atom is -0.822 e. The van der Waals surface area contributed by atoms with Crippen molar-refractivity contribution in [2.75, 3.05) is 0 Å². The summed E-state index contributed by atoms with van der Waals surface area (Å²) < 4.78 is 34.2. The Balaban J connectivity index is -0.0000000434. The number of rotatable bonds is 0. The number of hydrogen-bond acceptors (Lipinski definition) is 17. The van der Waals surface area contributed by atoms with E-state index in [9.17, 15) is 0 Å². The standard InChI is InChI=1S/C6H6O.4H3O4P.3Zr/c7-6-4-2-1-3-5-6;4*1-5(2,3)4;;;/h1-5,7H;4*(H3,1,2,3,4);;;/q;;;;;3*+4/p-12. The predicted molar refractivity (Wildman–Crippen MR) is 58.5 cm³/mol. The number of para-hydroxylation sites is 1. The van der Waals surface area contributed by atoms with E-state index in [1.54, 1.807) is 24.3 Å². The molecule has 0 bridgehead atoms. The van der Waals surface area contributed by atoms with Crippen molar-refractivity contribution in [1.29, 1.82) is 0 Å². The number of phosphoric acid groups is 4. The van der Waals surface area contributed by atoms with Crippen LogP contribution in [0.5, 0.6) is 5.75 Å². The number of benzene rings is 1. The van der Waals surface area contributed by atoms with Crippen LogP contribution in [0.3, 0.4) is 0 Å². The summed E-state index contributed by atoms with van der Waals surface area (Å²) in [4.78, 5) is 103. The summed E-state index contributed by atoms with van der Waals surface area (Å²) in [6.45, 7) is 0. The number of phenolic OH excluding ortho intramolecular Hbond substituents is 1. The van der Waals surface area contributed by atoms with Crippen LogP contribution in [-0.4, -0.2) is 5.11 Å². The fraction of sp³-hybridized carbons (Fsp3) is 0.